The number of carbonyl (C=O) groups is 1. The highest BCUT2D eigenvalue weighted by molar-refractivity contribution is 5.95. The maximum absolute atomic E-state index is 13.4. The first kappa shape index (κ1) is 12.1. The molecular formula is C12H13FN2O. The number of nitrogen functional groups attached to an aromatic ring is 1. The van der Waals surface area contributed by atoms with Gasteiger partial charge in [0.15, 0.2) is 0 Å². The Morgan fingerprint density at radius 1 is 1.62 bits per heavy atom. The van der Waals surface area contributed by atoms with Crippen LogP contribution >= 0.6 is 0 Å². The van der Waals surface area contributed by atoms with E-state index in [1.54, 1.807) is 14.0 Å². The van der Waals surface area contributed by atoms with Crippen molar-refractivity contribution in [3.8, 4) is 12.3 Å². The quantitative estimate of drug-likeness (QED) is 0.605. The Bertz CT molecular complexity index is 440. The lowest BCUT2D eigenvalue weighted by atomic mass is 10.1. The third kappa shape index (κ3) is 2.31. The van der Waals surface area contributed by atoms with E-state index in [9.17, 15) is 9.18 Å². The number of amides is 1. The van der Waals surface area contributed by atoms with Crippen LogP contribution in [0, 0.1) is 25.1 Å². The highest BCUT2D eigenvalue weighted by atomic mass is 19.1. The van der Waals surface area contributed by atoms with Gasteiger partial charge in [0.25, 0.3) is 5.91 Å². The van der Waals surface area contributed by atoms with Gasteiger partial charge in [0.2, 0.25) is 0 Å². The first-order valence-electron chi connectivity index (χ1n) is 4.72. The van der Waals surface area contributed by atoms with Crippen molar-refractivity contribution in [1.82, 2.24) is 4.90 Å². The molecule has 1 aromatic carbocycles. The lowest BCUT2D eigenvalue weighted by molar-refractivity contribution is 0.0812. The van der Waals surface area contributed by atoms with Crippen molar-refractivity contribution < 1.29 is 9.18 Å². The molecule has 0 fully saturated rings. The van der Waals surface area contributed by atoms with E-state index in [0.29, 0.717) is 5.56 Å². The SMILES string of the molecule is C#CCN(C)C(=O)c1cc(N)c(C)c(F)c1. The maximum Gasteiger partial charge on any atom is 0.254 e. The van der Waals surface area contributed by atoms with Gasteiger partial charge in [0.1, 0.15) is 5.82 Å². The number of nitrogens with two attached hydrogens (primary N) is 1. The molecule has 2 N–H and O–H groups in total. The maximum atomic E-state index is 13.4. The van der Waals surface area contributed by atoms with Gasteiger partial charge < -0.3 is 10.6 Å². The number of terminal acetylenes is 1. The van der Waals surface area contributed by atoms with E-state index in [2.05, 4.69) is 5.92 Å². The van der Waals surface area contributed by atoms with Crippen LogP contribution < -0.4 is 5.73 Å². The van der Waals surface area contributed by atoms with E-state index < -0.39 is 5.82 Å². The van der Waals surface area contributed by atoms with Crippen LogP contribution in [0.25, 0.3) is 0 Å². The molecule has 0 heterocycles. The summed E-state index contributed by atoms with van der Waals surface area (Å²) in [5, 5.41) is 0. The minimum Gasteiger partial charge on any atom is -0.398 e. The van der Waals surface area contributed by atoms with Crippen LogP contribution in [0.3, 0.4) is 0 Å². The number of benzene rings is 1. The summed E-state index contributed by atoms with van der Waals surface area (Å²) in [6.07, 6.45) is 5.09. The Morgan fingerprint density at radius 3 is 2.75 bits per heavy atom. The second-order valence-corrected chi connectivity index (χ2v) is 3.54. The molecule has 1 amide bonds. The van der Waals surface area contributed by atoms with Gasteiger partial charge in [-0.05, 0) is 19.1 Å². The van der Waals surface area contributed by atoms with Crippen molar-refractivity contribution in [3.05, 3.63) is 29.1 Å². The number of carbonyl (C=O) groups excluding carboxylic acids is 1. The van der Waals surface area contributed by atoms with Crippen LogP contribution in [0.15, 0.2) is 12.1 Å². The van der Waals surface area contributed by atoms with Crippen LogP contribution in [0.1, 0.15) is 15.9 Å². The largest absolute Gasteiger partial charge is 0.398 e. The molecule has 0 aromatic heterocycles. The summed E-state index contributed by atoms with van der Waals surface area (Å²) in [7, 11) is 1.55. The normalized spacial score (nSPS) is 9.62. The van der Waals surface area contributed by atoms with Crippen LogP contribution in [-0.2, 0) is 0 Å². The molecule has 1 rings (SSSR count). The Labute approximate surface area is 94.0 Å². The van der Waals surface area contributed by atoms with E-state index in [1.165, 1.54) is 17.0 Å². The van der Waals surface area contributed by atoms with E-state index in [-0.39, 0.29) is 23.7 Å². The number of hydrogen-bond acceptors (Lipinski definition) is 2. The number of rotatable bonds is 2. The molecule has 0 unspecified atom stereocenters. The molecule has 84 valence electrons. The number of anilines is 1. The summed E-state index contributed by atoms with van der Waals surface area (Å²) in [5.74, 6) is 1.51. The zero-order valence-corrected chi connectivity index (χ0v) is 9.25. The summed E-state index contributed by atoms with van der Waals surface area (Å²) < 4.78 is 13.4. The van der Waals surface area contributed by atoms with E-state index >= 15 is 0 Å². The van der Waals surface area contributed by atoms with Crippen LogP contribution in [-0.4, -0.2) is 24.4 Å². The Balaban J connectivity index is 3.07. The third-order valence-electron chi connectivity index (χ3n) is 2.31. The molecule has 0 atom stereocenters. The fraction of sp³-hybridized carbons (Fsp3) is 0.250. The summed E-state index contributed by atoms with van der Waals surface area (Å²) in [5.41, 5.74) is 6.39. The van der Waals surface area contributed by atoms with Crippen molar-refractivity contribution >= 4 is 11.6 Å². The molecule has 0 saturated heterocycles. The fourth-order valence-electron chi connectivity index (χ4n) is 1.25. The molecule has 3 nitrogen and oxygen atoms in total. The van der Waals surface area contributed by atoms with E-state index in [4.69, 9.17) is 12.2 Å². The minimum atomic E-state index is -0.488. The molecule has 0 bridgehead atoms. The van der Waals surface area contributed by atoms with Gasteiger partial charge in [0.05, 0.1) is 6.54 Å². The highest BCUT2D eigenvalue weighted by Crippen LogP contribution is 2.18. The van der Waals surface area contributed by atoms with Crippen molar-refractivity contribution in [2.75, 3.05) is 19.3 Å². The zero-order valence-electron chi connectivity index (χ0n) is 9.25. The summed E-state index contributed by atoms with van der Waals surface area (Å²) in [6.45, 7) is 1.73. The van der Waals surface area contributed by atoms with Gasteiger partial charge in [-0.15, -0.1) is 6.42 Å². The van der Waals surface area contributed by atoms with E-state index in [1.807, 2.05) is 0 Å². The minimum absolute atomic E-state index is 0.175. The average molecular weight is 220 g/mol. The standard InChI is InChI=1S/C12H13FN2O/c1-4-5-15(3)12(16)9-6-10(13)8(2)11(14)7-9/h1,6-7H,5,14H2,2-3H3. The average Bonchev–Trinajstić information content (AvgIpc) is 2.24. The Kier molecular flexibility index (Phi) is 3.51. The number of hydrogen-bond donors (Lipinski definition) is 1. The van der Waals surface area contributed by atoms with Gasteiger partial charge >= 0.3 is 0 Å². The molecule has 4 heteroatoms. The van der Waals surface area contributed by atoms with E-state index in [0.717, 1.165) is 0 Å². The predicted molar refractivity (Wildman–Crippen MR) is 61.3 cm³/mol. The number of halogens is 1. The molecule has 0 aliphatic rings. The highest BCUT2D eigenvalue weighted by Gasteiger charge is 2.14. The van der Waals surface area contributed by atoms with Gasteiger partial charge in [-0.3, -0.25) is 4.79 Å². The van der Waals surface area contributed by atoms with Crippen molar-refractivity contribution in [3.63, 3.8) is 0 Å². The first-order valence-corrected chi connectivity index (χ1v) is 4.72. The molecule has 0 aliphatic heterocycles. The zero-order chi connectivity index (χ0) is 12.3. The van der Waals surface area contributed by atoms with Crippen LogP contribution in [0.5, 0.6) is 0 Å². The van der Waals surface area contributed by atoms with Gasteiger partial charge in [-0.25, -0.2) is 4.39 Å². The predicted octanol–water partition coefficient (Wildman–Crippen LogP) is 1.42. The summed E-state index contributed by atoms with van der Waals surface area (Å²) >= 11 is 0. The van der Waals surface area contributed by atoms with Crippen LogP contribution in [0.4, 0.5) is 10.1 Å². The Morgan fingerprint density at radius 2 is 2.25 bits per heavy atom. The molecular weight excluding hydrogens is 207 g/mol. The molecule has 1 aromatic rings. The second-order valence-electron chi connectivity index (χ2n) is 3.54. The molecule has 16 heavy (non-hydrogen) atoms. The molecule has 0 saturated carbocycles. The molecule has 0 spiro atoms. The second kappa shape index (κ2) is 4.67. The van der Waals surface area contributed by atoms with Crippen molar-refractivity contribution in [2.24, 2.45) is 0 Å². The third-order valence-corrected chi connectivity index (χ3v) is 2.31. The topological polar surface area (TPSA) is 46.3 Å². The lowest BCUT2D eigenvalue weighted by Crippen LogP contribution is -2.27. The lowest BCUT2D eigenvalue weighted by Gasteiger charge is -2.14. The first-order chi connectivity index (χ1) is 7.47. The van der Waals surface area contributed by atoms with Gasteiger partial charge in [0, 0.05) is 23.9 Å². The summed E-state index contributed by atoms with van der Waals surface area (Å²) in [6, 6.07) is 2.62. The monoisotopic (exact) mass is 220 g/mol. The molecule has 0 aliphatic carbocycles. The smallest absolute Gasteiger partial charge is 0.254 e. The van der Waals surface area contributed by atoms with Gasteiger partial charge in [-0.2, -0.15) is 0 Å². The molecule has 0 radical (unpaired) electrons. The van der Waals surface area contributed by atoms with Crippen molar-refractivity contribution in [1.29, 1.82) is 0 Å². The summed E-state index contributed by atoms with van der Waals surface area (Å²) in [4.78, 5) is 13.1. The van der Waals surface area contributed by atoms with Gasteiger partial charge in [-0.1, -0.05) is 5.92 Å². The number of nitrogens with zero attached hydrogens (tertiary/aromatic N) is 1. The Hall–Kier alpha value is -2.02. The van der Waals surface area contributed by atoms with Crippen molar-refractivity contribution in [2.45, 2.75) is 6.92 Å². The fourth-order valence-corrected chi connectivity index (χ4v) is 1.25. The van der Waals surface area contributed by atoms with Crippen LogP contribution in [0.2, 0.25) is 0 Å².